The Morgan fingerprint density at radius 1 is 1.10 bits per heavy atom. The lowest BCUT2D eigenvalue weighted by Gasteiger charge is -2.19. The number of ether oxygens (including phenoxy) is 2. The predicted octanol–water partition coefficient (Wildman–Crippen LogP) is 4.80. The number of aromatic amines is 2. The quantitative estimate of drug-likeness (QED) is 0.485. The van der Waals surface area contributed by atoms with Gasteiger partial charge in [-0.1, -0.05) is 13.0 Å². The summed E-state index contributed by atoms with van der Waals surface area (Å²) in [4.78, 5) is 31.7. The molecule has 0 saturated carbocycles. The number of hydrogen-bond acceptors (Lipinski definition) is 5. The summed E-state index contributed by atoms with van der Waals surface area (Å²) in [6, 6.07) is 7.98. The number of esters is 2. The Labute approximate surface area is 176 Å². The molecule has 0 unspecified atom stereocenters. The van der Waals surface area contributed by atoms with Crippen LogP contribution in [0.25, 0.3) is 10.9 Å². The summed E-state index contributed by atoms with van der Waals surface area (Å²) < 4.78 is 10.8. The third kappa shape index (κ3) is 4.67. The summed E-state index contributed by atoms with van der Waals surface area (Å²) in [7, 11) is 0. The van der Waals surface area contributed by atoms with Crippen molar-refractivity contribution in [2.45, 2.75) is 53.2 Å². The van der Waals surface area contributed by atoms with Crippen molar-refractivity contribution in [1.29, 1.82) is 0 Å². The minimum Gasteiger partial charge on any atom is -0.462 e. The van der Waals surface area contributed by atoms with Crippen LogP contribution >= 0.6 is 0 Å². The number of aromatic nitrogens is 2. The maximum absolute atomic E-state index is 12.7. The second kappa shape index (κ2) is 8.65. The van der Waals surface area contributed by atoms with Crippen molar-refractivity contribution in [1.82, 2.24) is 9.97 Å². The smallest absolute Gasteiger partial charge is 0.355 e. The van der Waals surface area contributed by atoms with E-state index in [2.05, 4.69) is 15.3 Å². The monoisotopic (exact) mass is 411 g/mol. The molecule has 2 aromatic heterocycles. The Bertz CT molecular complexity index is 1060. The third-order valence-corrected chi connectivity index (χ3v) is 4.64. The van der Waals surface area contributed by atoms with Gasteiger partial charge in [0.05, 0.1) is 18.7 Å². The fourth-order valence-electron chi connectivity index (χ4n) is 3.38. The van der Waals surface area contributed by atoms with Gasteiger partial charge in [-0.25, -0.2) is 9.59 Å². The van der Waals surface area contributed by atoms with Crippen LogP contribution in [0.3, 0.4) is 0 Å². The molecule has 0 aliphatic carbocycles. The van der Waals surface area contributed by atoms with Gasteiger partial charge in [-0.2, -0.15) is 0 Å². The van der Waals surface area contributed by atoms with E-state index >= 15 is 0 Å². The van der Waals surface area contributed by atoms with E-state index in [0.29, 0.717) is 35.5 Å². The summed E-state index contributed by atoms with van der Waals surface area (Å²) >= 11 is 0. The zero-order chi connectivity index (χ0) is 21.9. The number of nitrogens with one attached hydrogen (secondary N) is 3. The Morgan fingerprint density at radius 3 is 2.53 bits per heavy atom. The van der Waals surface area contributed by atoms with E-state index < -0.39 is 17.5 Å². The van der Waals surface area contributed by atoms with Gasteiger partial charge in [-0.3, -0.25) is 0 Å². The van der Waals surface area contributed by atoms with E-state index in [9.17, 15) is 9.59 Å². The highest BCUT2D eigenvalue weighted by atomic mass is 16.6. The third-order valence-electron chi connectivity index (χ3n) is 4.64. The zero-order valence-corrected chi connectivity index (χ0v) is 18.1. The Morgan fingerprint density at radius 2 is 1.87 bits per heavy atom. The SMILES string of the molecule is CCOC(=O)c1c(CNc2ccc3cc[nH]c3c2)[nH]c(C(=O)OC(C)(C)C)c1CC. The number of H-pyrrole nitrogens is 2. The van der Waals surface area contributed by atoms with Gasteiger partial charge in [-0.05, 0) is 63.3 Å². The van der Waals surface area contributed by atoms with Gasteiger partial charge in [0, 0.05) is 23.1 Å². The Balaban J connectivity index is 1.94. The highest BCUT2D eigenvalue weighted by Gasteiger charge is 2.29. The number of rotatable bonds is 7. The number of benzene rings is 1. The van der Waals surface area contributed by atoms with E-state index in [1.54, 1.807) is 6.92 Å². The molecule has 1 aromatic carbocycles. The van der Waals surface area contributed by atoms with Crippen LogP contribution in [0.1, 0.15) is 66.7 Å². The van der Waals surface area contributed by atoms with Gasteiger partial charge in [0.2, 0.25) is 0 Å². The van der Waals surface area contributed by atoms with Crippen molar-refractivity contribution in [3.8, 4) is 0 Å². The molecule has 0 aliphatic rings. The Hall–Kier alpha value is -3.22. The van der Waals surface area contributed by atoms with Gasteiger partial charge in [0.15, 0.2) is 0 Å². The van der Waals surface area contributed by atoms with E-state index in [0.717, 1.165) is 16.6 Å². The van der Waals surface area contributed by atoms with Crippen LogP contribution in [0.5, 0.6) is 0 Å². The fraction of sp³-hybridized carbons (Fsp3) is 0.391. The van der Waals surface area contributed by atoms with Gasteiger partial charge < -0.3 is 24.8 Å². The number of anilines is 1. The standard InChI is InChI=1S/C23H29N3O4/c1-6-16-19(21(27)29-7-2)18(26-20(16)22(28)30-23(3,4)5)13-25-15-9-8-14-10-11-24-17(14)12-15/h8-12,24-26H,6-7,13H2,1-5H3. The fourth-order valence-corrected chi connectivity index (χ4v) is 3.38. The second-order valence-corrected chi connectivity index (χ2v) is 8.04. The van der Waals surface area contributed by atoms with Crippen LogP contribution in [-0.4, -0.2) is 34.1 Å². The molecule has 160 valence electrons. The van der Waals surface area contributed by atoms with Crippen LogP contribution < -0.4 is 5.32 Å². The lowest BCUT2D eigenvalue weighted by atomic mass is 10.1. The van der Waals surface area contributed by atoms with Crippen LogP contribution in [0.4, 0.5) is 5.69 Å². The van der Waals surface area contributed by atoms with Crippen LogP contribution in [0, 0.1) is 0 Å². The molecular formula is C23H29N3O4. The van der Waals surface area contributed by atoms with E-state index in [4.69, 9.17) is 9.47 Å². The lowest BCUT2D eigenvalue weighted by molar-refractivity contribution is 0.00622. The summed E-state index contributed by atoms with van der Waals surface area (Å²) in [6.45, 7) is 9.67. The maximum Gasteiger partial charge on any atom is 0.355 e. The normalized spacial score (nSPS) is 11.5. The van der Waals surface area contributed by atoms with E-state index in [1.165, 1.54) is 0 Å². The Kier molecular flexibility index (Phi) is 6.20. The first-order valence-electron chi connectivity index (χ1n) is 10.2. The number of fused-ring (bicyclic) bond motifs is 1. The number of hydrogen-bond donors (Lipinski definition) is 3. The van der Waals surface area contributed by atoms with Crippen molar-refractivity contribution in [2.75, 3.05) is 11.9 Å². The molecule has 3 aromatic rings. The average Bonchev–Trinajstić information content (AvgIpc) is 3.28. The molecule has 0 spiro atoms. The molecule has 3 N–H and O–H groups in total. The van der Waals surface area contributed by atoms with Crippen molar-refractivity contribution in [2.24, 2.45) is 0 Å². The molecule has 2 heterocycles. The lowest BCUT2D eigenvalue weighted by Crippen LogP contribution is -2.24. The average molecular weight is 412 g/mol. The van der Waals surface area contributed by atoms with Crippen LogP contribution in [0.2, 0.25) is 0 Å². The van der Waals surface area contributed by atoms with Gasteiger partial charge in [-0.15, -0.1) is 0 Å². The first kappa shape index (κ1) is 21.5. The maximum atomic E-state index is 12.7. The van der Waals surface area contributed by atoms with Gasteiger partial charge >= 0.3 is 11.9 Å². The molecule has 7 nitrogen and oxygen atoms in total. The largest absolute Gasteiger partial charge is 0.462 e. The minimum atomic E-state index is -0.638. The molecule has 0 saturated heterocycles. The van der Waals surface area contributed by atoms with Crippen molar-refractivity contribution in [3.63, 3.8) is 0 Å². The van der Waals surface area contributed by atoms with Gasteiger partial charge in [0.25, 0.3) is 0 Å². The van der Waals surface area contributed by atoms with E-state index in [1.807, 2.05) is 58.2 Å². The first-order chi connectivity index (χ1) is 14.2. The van der Waals surface area contributed by atoms with Crippen molar-refractivity contribution in [3.05, 3.63) is 53.0 Å². The summed E-state index contributed by atoms with van der Waals surface area (Å²) in [5.41, 5.74) is 3.17. The minimum absolute atomic E-state index is 0.255. The predicted molar refractivity (Wildman–Crippen MR) is 117 cm³/mol. The zero-order valence-electron chi connectivity index (χ0n) is 18.1. The molecule has 0 bridgehead atoms. The first-order valence-corrected chi connectivity index (χ1v) is 10.2. The highest BCUT2D eigenvalue weighted by molar-refractivity contribution is 5.99. The van der Waals surface area contributed by atoms with Crippen LogP contribution in [0.15, 0.2) is 30.5 Å². The molecule has 30 heavy (non-hydrogen) atoms. The second-order valence-electron chi connectivity index (χ2n) is 8.04. The summed E-state index contributed by atoms with van der Waals surface area (Å²) in [6.07, 6.45) is 2.38. The van der Waals surface area contributed by atoms with Crippen molar-refractivity contribution >= 4 is 28.5 Å². The van der Waals surface area contributed by atoms with Crippen molar-refractivity contribution < 1.29 is 19.1 Å². The molecular weight excluding hydrogens is 382 g/mol. The molecule has 3 rings (SSSR count). The highest BCUT2D eigenvalue weighted by Crippen LogP contribution is 2.25. The van der Waals surface area contributed by atoms with Crippen LogP contribution in [-0.2, 0) is 22.4 Å². The molecule has 7 heteroatoms. The summed E-state index contributed by atoms with van der Waals surface area (Å²) in [5.74, 6) is -0.930. The number of carbonyl (C=O) groups excluding carboxylic acids is 2. The molecule has 0 fully saturated rings. The molecule has 0 radical (unpaired) electrons. The number of carbonyl (C=O) groups is 2. The topological polar surface area (TPSA) is 96.2 Å². The van der Waals surface area contributed by atoms with E-state index in [-0.39, 0.29) is 6.61 Å². The summed E-state index contributed by atoms with van der Waals surface area (Å²) in [5, 5.41) is 4.44. The molecule has 0 amide bonds. The molecule has 0 atom stereocenters. The van der Waals surface area contributed by atoms with Gasteiger partial charge in [0.1, 0.15) is 11.3 Å². The molecule has 0 aliphatic heterocycles.